The van der Waals surface area contributed by atoms with Gasteiger partial charge in [0.1, 0.15) is 42.6 Å². The van der Waals surface area contributed by atoms with E-state index in [1.807, 2.05) is 19.9 Å². The van der Waals surface area contributed by atoms with Crippen molar-refractivity contribution < 1.29 is 67.3 Å². The number of ether oxygens (including phenoxy) is 3. The van der Waals surface area contributed by atoms with Crippen molar-refractivity contribution in [1.82, 2.24) is 36.4 Å². The molecule has 9 amide bonds. The lowest BCUT2D eigenvalue weighted by molar-refractivity contribution is -0.146. The third-order valence-corrected chi connectivity index (χ3v) is 17.2. The number of primary amides is 1. The Morgan fingerprint density at radius 2 is 1.30 bits per heavy atom. The normalized spacial score (nSPS) is 17.6. The quantitative estimate of drug-likeness (QED) is 0.0408. The maximum Gasteiger partial charge on any atom is 0.410 e. The molecule has 5 unspecified atom stereocenters. The average Bonchev–Trinajstić information content (AvgIpc) is 1.52. The molecule has 13 N–H and O–H groups in total. The van der Waals surface area contributed by atoms with Gasteiger partial charge in [-0.15, -0.1) is 0 Å². The van der Waals surface area contributed by atoms with E-state index in [0.29, 0.717) is 62.7 Å². The summed E-state index contributed by atoms with van der Waals surface area (Å²) in [6, 6.07) is 7.72. The summed E-state index contributed by atoms with van der Waals surface area (Å²) in [5.41, 5.74) is 18.5. The van der Waals surface area contributed by atoms with Crippen LogP contribution in [0.2, 0.25) is 0 Å². The number of unbranched alkanes of at least 4 members (excludes halogenated alkanes) is 1. The number of Topliss-reactive ketones (excluding diaryl/α,β-unsaturated/α-hetero) is 1. The number of nitrogens with two attached hydrogens (primary N) is 3. The first-order chi connectivity index (χ1) is 42.5. The van der Waals surface area contributed by atoms with Crippen LogP contribution in [0.3, 0.4) is 0 Å². The summed E-state index contributed by atoms with van der Waals surface area (Å²) >= 11 is 0. The van der Waals surface area contributed by atoms with Crippen molar-refractivity contribution in [1.29, 1.82) is 0 Å². The SMILES string of the molecule is CC[C@H](C)[C@@H]([C@@H](CC(=O)C1CCC[C@H]1[C@H](OC)[C@@H](C)C(=O)N[C@@H](Cc1ccccc1)C(=O)O)OC)N(C)C(=O)[C@@H](NC(=O)C(C(C)C)N(C)C(=O)OCc1ccc(NC(=O)C(CCCNC(N)=O)NC(=O)C(NC(=O)C(N)CCCCN)C(C)C)cc1)C(C)C. The molecule has 1 saturated carbocycles. The van der Waals surface area contributed by atoms with Gasteiger partial charge in [0.05, 0.1) is 30.2 Å². The number of rotatable bonds is 39. The van der Waals surface area contributed by atoms with Crippen LogP contribution in [-0.2, 0) is 65.6 Å². The number of nitrogens with zero attached hydrogens (tertiary/aromatic N) is 2. The van der Waals surface area contributed by atoms with Gasteiger partial charge in [0.2, 0.25) is 35.4 Å². The van der Waals surface area contributed by atoms with E-state index in [2.05, 4.69) is 31.9 Å². The van der Waals surface area contributed by atoms with Crippen LogP contribution in [0.1, 0.15) is 138 Å². The molecule has 0 heterocycles. The Morgan fingerprint density at radius 3 is 1.86 bits per heavy atom. The first-order valence-electron chi connectivity index (χ1n) is 31.6. The number of methoxy groups -OCH3 is 2. The number of carboxylic acids is 1. The van der Waals surface area contributed by atoms with Gasteiger partial charge >= 0.3 is 18.1 Å². The molecule has 1 aliphatic rings. The number of hydrogen-bond donors (Lipinski definition) is 10. The van der Waals surface area contributed by atoms with Gasteiger partial charge in [-0.3, -0.25) is 38.5 Å². The Hall–Kier alpha value is -7.22. The number of amides is 9. The highest BCUT2D eigenvalue weighted by Gasteiger charge is 2.45. The van der Waals surface area contributed by atoms with Crippen molar-refractivity contribution in [2.45, 2.75) is 194 Å². The highest BCUT2D eigenvalue weighted by molar-refractivity contribution is 5.99. The molecule has 1 fully saturated rings. The minimum absolute atomic E-state index is 0.0560. The Kier molecular flexibility index (Phi) is 32.9. The van der Waals surface area contributed by atoms with E-state index in [1.165, 1.54) is 26.2 Å². The van der Waals surface area contributed by atoms with Crippen molar-refractivity contribution in [3.05, 3.63) is 65.7 Å². The second-order valence-electron chi connectivity index (χ2n) is 24.9. The molecule has 2 aromatic rings. The van der Waals surface area contributed by atoms with E-state index in [4.69, 9.17) is 31.4 Å². The fourth-order valence-electron chi connectivity index (χ4n) is 11.8. The summed E-state index contributed by atoms with van der Waals surface area (Å²) < 4.78 is 17.7. The van der Waals surface area contributed by atoms with Gasteiger partial charge in [-0.05, 0) is 97.9 Å². The van der Waals surface area contributed by atoms with Crippen molar-refractivity contribution >= 4 is 65.0 Å². The molecule has 1 aliphatic carbocycles. The standard InChI is InChI=1S/C65H105N11O14/c1-14-40(8)55(51(88-12)35-50(77)45-24-20-25-46(45)56(89-13)41(9)57(78)72-49(63(84)85)34-42-22-16-15-17-23-42)75(10)62(83)53(38(4)5)74-61(82)54(39(6)7)76(11)65(87)90-36-43-28-30-44(31-29-43)70-59(80)48(27-21-33-69-64(68)86)71-60(81)52(37(2)3)73-58(79)47(67)26-18-19-32-66/h15-17,22-23,28-31,37-41,45-49,51-56H,14,18-21,24-27,32-36,66-67H2,1-13H3,(H,70,80)(H,71,81)(H,72,78)(H,73,79)(H,74,82)(H,84,85)(H3,68,69,86)/t40-,41+,45?,46+,47?,48?,49-,51+,52?,53-,54?,55-,56+/m0/s1. The summed E-state index contributed by atoms with van der Waals surface area (Å²) in [4.78, 5) is 138. The molecule has 25 nitrogen and oxygen atoms in total. The predicted molar refractivity (Wildman–Crippen MR) is 342 cm³/mol. The van der Waals surface area contributed by atoms with Crippen molar-refractivity contribution in [2.24, 2.45) is 58.6 Å². The maximum atomic E-state index is 14.8. The van der Waals surface area contributed by atoms with Crippen LogP contribution in [-0.4, -0.2) is 170 Å². The number of benzene rings is 2. The molecule has 0 aliphatic heterocycles. The minimum atomic E-state index is -1.18. The third-order valence-electron chi connectivity index (χ3n) is 17.2. The number of likely N-dealkylation sites (N-methyl/N-ethyl adjacent to an activating group) is 2. The van der Waals surface area contributed by atoms with Gasteiger partial charge in [0.15, 0.2) is 0 Å². The van der Waals surface area contributed by atoms with Crippen LogP contribution in [0.25, 0.3) is 0 Å². The zero-order chi connectivity index (χ0) is 67.5. The molecular formula is C65H105N11O14. The maximum absolute atomic E-state index is 14.8. The monoisotopic (exact) mass is 1260 g/mol. The number of urea groups is 1. The number of ketones is 1. The van der Waals surface area contributed by atoms with Crippen LogP contribution in [0.4, 0.5) is 15.3 Å². The van der Waals surface area contributed by atoms with Crippen molar-refractivity contribution in [3.63, 3.8) is 0 Å². The summed E-state index contributed by atoms with van der Waals surface area (Å²) in [5, 5.41) is 26.3. The number of hydrogen-bond acceptors (Lipinski definition) is 15. The third kappa shape index (κ3) is 23.5. The van der Waals surface area contributed by atoms with E-state index in [1.54, 1.807) is 109 Å². The molecule has 90 heavy (non-hydrogen) atoms. The van der Waals surface area contributed by atoms with E-state index in [-0.39, 0.29) is 62.4 Å². The van der Waals surface area contributed by atoms with Gasteiger partial charge in [-0.2, -0.15) is 0 Å². The lowest BCUT2D eigenvalue weighted by Gasteiger charge is -2.40. The van der Waals surface area contributed by atoms with Gasteiger partial charge in [0.25, 0.3) is 0 Å². The van der Waals surface area contributed by atoms with Crippen molar-refractivity contribution in [3.8, 4) is 0 Å². The Morgan fingerprint density at radius 1 is 0.678 bits per heavy atom. The molecule has 0 aromatic heterocycles. The van der Waals surface area contributed by atoms with Gasteiger partial charge < -0.3 is 73.3 Å². The summed E-state index contributed by atoms with van der Waals surface area (Å²) in [6.07, 6.45) is 2.28. The molecule has 0 radical (unpaired) electrons. The summed E-state index contributed by atoms with van der Waals surface area (Å²) in [7, 11) is 6.04. The molecule has 504 valence electrons. The number of nitrogens with one attached hydrogen (secondary N) is 6. The van der Waals surface area contributed by atoms with Gasteiger partial charge in [-0.1, -0.05) is 124 Å². The molecular weight excluding hydrogens is 1160 g/mol. The fraction of sp³-hybridized carbons (Fsp3) is 0.662. The van der Waals surface area contributed by atoms with Gasteiger partial charge in [0, 0.05) is 59.3 Å². The molecule has 0 spiro atoms. The van der Waals surface area contributed by atoms with E-state index in [0.717, 1.165) is 5.56 Å². The summed E-state index contributed by atoms with van der Waals surface area (Å²) in [6.45, 7) is 16.6. The smallest absolute Gasteiger partial charge is 0.410 e. The topological polar surface area (TPSA) is 375 Å². The number of aliphatic carboxylic acids is 1. The Labute approximate surface area is 531 Å². The van der Waals surface area contributed by atoms with Crippen molar-refractivity contribution in [2.75, 3.05) is 46.7 Å². The molecule has 0 saturated heterocycles. The van der Waals surface area contributed by atoms with Crippen LogP contribution >= 0.6 is 0 Å². The first-order valence-corrected chi connectivity index (χ1v) is 31.6. The number of carbonyl (C=O) groups is 10. The lowest BCUT2D eigenvalue weighted by atomic mass is 9.79. The number of carbonyl (C=O) groups excluding carboxylic acids is 9. The zero-order valence-electron chi connectivity index (χ0n) is 55.2. The molecule has 13 atom stereocenters. The second-order valence-corrected chi connectivity index (χ2v) is 24.9. The van der Waals surface area contributed by atoms with Crippen LogP contribution in [0.15, 0.2) is 54.6 Å². The fourth-order valence-corrected chi connectivity index (χ4v) is 11.8. The molecule has 3 rings (SSSR count). The summed E-state index contributed by atoms with van der Waals surface area (Å²) in [5.74, 6) is -7.58. The average molecular weight is 1260 g/mol. The van der Waals surface area contributed by atoms with Gasteiger partial charge in [-0.25, -0.2) is 14.4 Å². The lowest BCUT2D eigenvalue weighted by Crippen LogP contribution is -2.60. The molecule has 2 aromatic carbocycles. The molecule has 25 heteroatoms. The predicted octanol–water partition coefficient (Wildman–Crippen LogP) is 4.62. The van der Waals surface area contributed by atoms with E-state index >= 15 is 0 Å². The number of anilines is 1. The largest absolute Gasteiger partial charge is 0.480 e. The Bertz CT molecular complexity index is 2650. The second kappa shape index (κ2) is 38.5. The molecule has 0 bridgehead atoms. The Balaban J connectivity index is 1.72. The zero-order valence-corrected chi connectivity index (χ0v) is 55.2. The van der Waals surface area contributed by atoms with Crippen LogP contribution < -0.4 is 49.1 Å². The van der Waals surface area contributed by atoms with Crippen LogP contribution in [0, 0.1) is 41.4 Å². The van der Waals surface area contributed by atoms with E-state index < -0.39 is 132 Å². The highest BCUT2D eigenvalue weighted by Crippen LogP contribution is 2.40. The van der Waals surface area contributed by atoms with E-state index in [9.17, 15) is 53.1 Å². The minimum Gasteiger partial charge on any atom is -0.480 e. The van der Waals surface area contributed by atoms with Crippen LogP contribution in [0.5, 0.6) is 0 Å². The first kappa shape index (κ1) is 77.0. The highest BCUT2D eigenvalue weighted by atomic mass is 16.6. The number of carboxylic acid groups (broad SMARTS) is 1.